The lowest BCUT2D eigenvalue weighted by Gasteiger charge is -2.03. The smallest absolute Gasteiger partial charge is 0.224 e. The van der Waals surface area contributed by atoms with Crippen molar-refractivity contribution in [2.24, 2.45) is 7.05 Å². The van der Waals surface area contributed by atoms with Crippen molar-refractivity contribution in [3.63, 3.8) is 0 Å². The Morgan fingerprint density at radius 1 is 1.29 bits per heavy atom. The lowest BCUT2D eigenvalue weighted by Crippen LogP contribution is -2.01. The Labute approximate surface area is 130 Å². The first-order valence-corrected chi connectivity index (χ1v) is 6.78. The molecule has 0 radical (unpaired) electrons. The molecule has 108 valence electrons. The molecule has 3 rings (SSSR count). The normalized spacial score (nSPS) is 11.0. The topological polar surface area (TPSA) is 87.4 Å². The molecule has 0 saturated carbocycles. The summed E-state index contributed by atoms with van der Waals surface area (Å²) in [5.41, 5.74) is 7.76. The van der Waals surface area contributed by atoms with Crippen molar-refractivity contribution in [2.75, 3.05) is 5.73 Å². The molecule has 0 amide bonds. The summed E-state index contributed by atoms with van der Waals surface area (Å²) >= 11 is 11.9. The number of halogens is 2. The molecule has 3 aromatic heterocycles. The second kappa shape index (κ2) is 5.34. The van der Waals surface area contributed by atoms with Gasteiger partial charge in [-0.15, -0.1) is 0 Å². The summed E-state index contributed by atoms with van der Waals surface area (Å²) in [6.07, 6.45) is 5.33. The first-order chi connectivity index (χ1) is 10.0. The number of nitrogen functional groups attached to an aromatic ring is 1. The number of anilines is 1. The second-order valence-electron chi connectivity index (χ2n) is 4.45. The van der Waals surface area contributed by atoms with Gasteiger partial charge < -0.3 is 5.73 Å². The fraction of sp³-hybridized carbons (Fsp3) is 0.167. The third kappa shape index (κ3) is 2.84. The van der Waals surface area contributed by atoms with Gasteiger partial charge in [0, 0.05) is 25.0 Å². The van der Waals surface area contributed by atoms with Gasteiger partial charge in [-0.05, 0) is 17.7 Å². The minimum atomic E-state index is 0.0457. The lowest BCUT2D eigenvalue weighted by atomic mass is 10.2. The summed E-state index contributed by atoms with van der Waals surface area (Å²) in [4.78, 5) is 7.89. The molecule has 3 heterocycles. The molecular weight excluding hydrogens is 313 g/mol. The molecule has 0 aromatic carbocycles. The zero-order chi connectivity index (χ0) is 15.0. The molecule has 0 unspecified atom stereocenters. The molecule has 0 bridgehead atoms. The van der Waals surface area contributed by atoms with Gasteiger partial charge in [-0.1, -0.05) is 11.6 Å². The van der Waals surface area contributed by atoms with Gasteiger partial charge in [0.15, 0.2) is 0 Å². The number of hydrogen-bond acceptors (Lipinski definition) is 5. The number of aromatic nitrogens is 6. The van der Waals surface area contributed by atoms with E-state index in [0.29, 0.717) is 17.8 Å². The first-order valence-electron chi connectivity index (χ1n) is 6.03. The summed E-state index contributed by atoms with van der Waals surface area (Å²) in [6, 6.07) is 1.92. The molecule has 0 atom stereocenters. The van der Waals surface area contributed by atoms with Gasteiger partial charge in [-0.2, -0.15) is 15.2 Å². The highest BCUT2D eigenvalue weighted by Gasteiger charge is 2.13. The fourth-order valence-corrected chi connectivity index (χ4v) is 2.28. The highest BCUT2D eigenvalue weighted by atomic mass is 35.5. The molecule has 0 aliphatic heterocycles. The van der Waals surface area contributed by atoms with E-state index in [0.717, 1.165) is 5.69 Å². The van der Waals surface area contributed by atoms with Crippen LogP contribution in [0.4, 0.5) is 5.82 Å². The molecule has 0 aliphatic carbocycles. The predicted octanol–water partition coefficient (Wildman–Crippen LogP) is 2.01. The monoisotopic (exact) mass is 323 g/mol. The van der Waals surface area contributed by atoms with Crippen molar-refractivity contribution in [2.45, 2.75) is 6.54 Å². The van der Waals surface area contributed by atoms with E-state index in [-0.39, 0.29) is 16.1 Å². The van der Waals surface area contributed by atoms with Crippen LogP contribution in [-0.4, -0.2) is 29.5 Å². The molecule has 0 aliphatic rings. The van der Waals surface area contributed by atoms with Gasteiger partial charge in [0.25, 0.3) is 0 Å². The van der Waals surface area contributed by atoms with E-state index in [9.17, 15) is 0 Å². The Kier molecular flexibility index (Phi) is 3.52. The van der Waals surface area contributed by atoms with E-state index in [1.54, 1.807) is 21.8 Å². The van der Waals surface area contributed by atoms with Crippen molar-refractivity contribution in [3.8, 4) is 11.3 Å². The van der Waals surface area contributed by atoms with Gasteiger partial charge in [0.2, 0.25) is 5.28 Å². The molecule has 7 nitrogen and oxygen atoms in total. The van der Waals surface area contributed by atoms with Crippen LogP contribution in [0.1, 0.15) is 5.69 Å². The average molecular weight is 324 g/mol. The van der Waals surface area contributed by atoms with Crippen LogP contribution in [0.3, 0.4) is 0 Å². The van der Waals surface area contributed by atoms with Crippen molar-refractivity contribution >= 4 is 29.0 Å². The third-order valence-corrected chi connectivity index (χ3v) is 3.39. The quantitative estimate of drug-likeness (QED) is 0.745. The van der Waals surface area contributed by atoms with Crippen LogP contribution < -0.4 is 5.73 Å². The van der Waals surface area contributed by atoms with Gasteiger partial charge in [0.05, 0.1) is 24.1 Å². The number of nitrogens with two attached hydrogens (primary N) is 1. The van der Waals surface area contributed by atoms with E-state index in [2.05, 4.69) is 20.2 Å². The minimum absolute atomic E-state index is 0.0457. The van der Waals surface area contributed by atoms with E-state index >= 15 is 0 Å². The summed E-state index contributed by atoms with van der Waals surface area (Å²) in [6.45, 7) is 0.548. The molecule has 0 saturated heterocycles. The molecule has 9 heteroatoms. The Morgan fingerprint density at radius 2 is 2.10 bits per heavy atom. The summed E-state index contributed by atoms with van der Waals surface area (Å²) < 4.78 is 3.47. The van der Waals surface area contributed by atoms with Gasteiger partial charge in [-0.25, -0.2) is 4.98 Å². The maximum Gasteiger partial charge on any atom is 0.224 e. The van der Waals surface area contributed by atoms with Gasteiger partial charge in [0.1, 0.15) is 10.8 Å². The lowest BCUT2D eigenvalue weighted by molar-refractivity contribution is 0.650. The zero-order valence-electron chi connectivity index (χ0n) is 11.0. The minimum Gasteiger partial charge on any atom is -0.382 e. The predicted molar refractivity (Wildman–Crippen MR) is 80.0 cm³/mol. The van der Waals surface area contributed by atoms with Crippen molar-refractivity contribution < 1.29 is 0 Å². The van der Waals surface area contributed by atoms with E-state index in [4.69, 9.17) is 28.9 Å². The molecule has 21 heavy (non-hydrogen) atoms. The van der Waals surface area contributed by atoms with Crippen molar-refractivity contribution in [1.82, 2.24) is 29.5 Å². The number of nitrogens with zero attached hydrogens (tertiary/aromatic N) is 6. The van der Waals surface area contributed by atoms with Crippen molar-refractivity contribution in [1.29, 1.82) is 0 Å². The largest absolute Gasteiger partial charge is 0.382 e. The average Bonchev–Trinajstić information content (AvgIpc) is 3.04. The summed E-state index contributed by atoms with van der Waals surface area (Å²) in [5, 5.41) is 8.87. The van der Waals surface area contributed by atoms with Crippen LogP contribution in [0, 0.1) is 0 Å². The Hall–Kier alpha value is -2.12. The van der Waals surface area contributed by atoms with Gasteiger partial charge >= 0.3 is 0 Å². The Bertz CT molecular complexity index is 793. The standard InChI is InChI=1S/C12H11Cl2N7/c1-20-3-2-8(19-20)6-21-5-7(4-16-21)10-9(13)11(15)18-12(14)17-10/h2-5H,6H2,1H3,(H2,15,17,18). The zero-order valence-corrected chi connectivity index (χ0v) is 12.5. The maximum atomic E-state index is 6.11. The second-order valence-corrected chi connectivity index (χ2v) is 5.16. The maximum absolute atomic E-state index is 6.11. The van der Waals surface area contributed by atoms with E-state index in [1.165, 1.54) is 0 Å². The fourth-order valence-electron chi connectivity index (χ4n) is 1.91. The third-order valence-electron chi connectivity index (χ3n) is 2.85. The van der Waals surface area contributed by atoms with Crippen LogP contribution in [0.25, 0.3) is 11.3 Å². The van der Waals surface area contributed by atoms with Gasteiger partial charge in [-0.3, -0.25) is 9.36 Å². The first kappa shape index (κ1) is 13.8. The van der Waals surface area contributed by atoms with E-state index < -0.39 is 0 Å². The van der Waals surface area contributed by atoms with Crippen LogP contribution in [0.2, 0.25) is 10.3 Å². The number of rotatable bonds is 3. The van der Waals surface area contributed by atoms with Crippen LogP contribution in [0.15, 0.2) is 24.7 Å². The SMILES string of the molecule is Cn1ccc(Cn2cc(-c3nc(Cl)nc(N)c3Cl)cn2)n1. The summed E-state index contributed by atoms with van der Waals surface area (Å²) in [7, 11) is 1.86. The van der Waals surface area contributed by atoms with Crippen LogP contribution in [-0.2, 0) is 13.6 Å². The Balaban J connectivity index is 1.91. The van der Waals surface area contributed by atoms with Crippen LogP contribution >= 0.6 is 23.2 Å². The van der Waals surface area contributed by atoms with Crippen LogP contribution in [0.5, 0.6) is 0 Å². The molecule has 3 aromatic rings. The molecule has 0 fully saturated rings. The highest BCUT2D eigenvalue weighted by molar-refractivity contribution is 6.36. The Morgan fingerprint density at radius 3 is 2.81 bits per heavy atom. The van der Waals surface area contributed by atoms with E-state index in [1.807, 2.05) is 19.3 Å². The van der Waals surface area contributed by atoms with Crippen molar-refractivity contribution in [3.05, 3.63) is 40.7 Å². The number of hydrogen-bond donors (Lipinski definition) is 1. The molecule has 2 N–H and O–H groups in total. The number of aryl methyl sites for hydroxylation is 1. The summed E-state index contributed by atoms with van der Waals surface area (Å²) in [5.74, 6) is 0.143. The molecular formula is C12H11Cl2N7. The molecule has 0 spiro atoms. The highest BCUT2D eigenvalue weighted by Crippen LogP contribution is 2.30.